The van der Waals surface area contributed by atoms with E-state index >= 15 is 0 Å². The Balaban J connectivity index is 2.07. The van der Waals surface area contributed by atoms with E-state index in [0.29, 0.717) is 12.3 Å². The van der Waals surface area contributed by atoms with Gasteiger partial charge in [-0.3, -0.25) is 4.79 Å². The molecule has 0 spiro atoms. The van der Waals surface area contributed by atoms with Crippen molar-refractivity contribution in [3.05, 3.63) is 35.9 Å². The summed E-state index contributed by atoms with van der Waals surface area (Å²) in [5.41, 5.74) is 0.366. The summed E-state index contributed by atoms with van der Waals surface area (Å²) >= 11 is 1.26. The topological polar surface area (TPSA) is 40.5 Å². The lowest BCUT2D eigenvalue weighted by Gasteiger charge is -2.19. The maximum atomic E-state index is 11.3. The summed E-state index contributed by atoms with van der Waals surface area (Å²) in [6, 6.07) is 9.68. The van der Waals surface area contributed by atoms with Crippen LogP contribution in [0.2, 0.25) is 0 Å². The Morgan fingerprint density at radius 3 is 2.71 bits per heavy atom. The highest BCUT2D eigenvalue weighted by molar-refractivity contribution is 8.00. The predicted octanol–water partition coefficient (Wildman–Crippen LogP) is 1.04. The quantitative estimate of drug-likeness (QED) is 0.791. The highest BCUT2D eigenvalue weighted by Crippen LogP contribution is 2.24. The molecule has 74 valence electrons. The maximum Gasteiger partial charge on any atom is 0.235 e. The molecule has 0 bridgehead atoms. The number of carbonyl (C=O) groups is 1. The number of thioether (sulfide) groups is 1. The van der Waals surface area contributed by atoms with Crippen LogP contribution in [-0.2, 0) is 11.3 Å². The van der Waals surface area contributed by atoms with Crippen molar-refractivity contribution in [3.8, 4) is 0 Å². The van der Waals surface area contributed by atoms with Crippen LogP contribution in [0.3, 0.4) is 0 Å². The molecule has 1 saturated heterocycles. The first kappa shape index (κ1) is 9.55. The van der Waals surface area contributed by atoms with E-state index in [9.17, 15) is 9.90 Å². The average Bonchev–Trinajstić information content (AvgIpc) is 2.51. The van der Waals surface area contributed by atoms with E-state index in [4.69, 9.17) is 0 Å². The average molecular weight is 209 g/mol. The number of hydrogen-bond donors (Lipinski definition) is 1. The molecule has 1 fully saturated rings. The van der Waals surface area contributed by atoms with Crippen LogP contribution in [0.15, 0.2) is 30.3 Å². The summed E-state index contributed by atoms with van der Waals surface area (Å²) < 4.78 is 0. The highest BCUT2D eigenvalue weighted by Gasteiger charge is 2.29. The molecule has 1 aliphatic heterocycles. The zero-order valence-corrected chi connectivity index (χ0v) is 8.41. The molecule has 1 unspecified atom stereocenters. The summed E-state index contributed by atoms with van der Waals surface area (Å²) in [5, 5.41) is 9.49. The number of amides is 1. The van der Waals surface area contributed by atoms with Crippen molar-refractivity contribution in [1.82, 2.24) is 4.90 Å². The first-order valence-corrected chi connectivity index (χ1v) is 5.45. The van der Waals surface area contributed by atoms with Crippen molar-refractivity contribution in [2.24, 2.45) is 0 Å². The first-order valence-electron chi connectivity index (χ1n) is 4.40. The molecule has 14 heavy (non-hydrogen) atoms. The lowest BCUT2D eigenvalue weighted by Crippen LogP contribution is -2.31. The van der Waals surface area contributed by atoms with E-state index in [1.807, 2.05) is 30.3 Å². The highest BCUT2D eigenvalue weighted by atomic mass is 32.2. The van der Waals surface area contributed by atoms with Gasteiger partial charge in [-0.2, -0.15) is 0 Å². The van der Waals surface area contributed by atoms with Crippen molar-refractivity contribution in [2.45, 2.75) is 12.1 Å². The standard InChI is InChI=1S/C10H11NO2S/c12-9-7-14-10(13)11(9)6-8-4-2-1-3-5-8/h1-5,10,13H,6-7H2. The molecule has 2 rings (SSSR count). The molecule has 3 nitrogen and oxygen atoms in total. The van der Waals surface area contributed by atoms with E-state index in [1.165, 1.54) is 16.7 Å². The molecule has 1 aromatic rings. The van der Waals surface area contributed by atoms with Crippen LogP contribution < -0.4 is 0 Å². The van der Waals surface area contributed by atoms with E-state index in [1.54, 1.807) is 0 Å². The Bertz CT molecular complexity index is 328. The second-order valence-corrected chi connectivity index (χ2v) is 4.19. The molecule has 0 saturated carbocycles. The van der Waals surface area contributed by atoms with Gasteiger partial charge in [0.1, 0.15) is 0 Å². The normalized spacial score (nSPS) is 21.6. The summed E-state index contributed by atoms with van der Waals surface area (Å²) in [6.07, 6.45) is 0. The van der Waals surface area contributed by atoms with Crippen molar-refractivity contribution >= 4 is 17.7 Å². The summed E-state index contributed by atoms with van der Waals surface area (Å²) in [5.74, 6) is 0.389. The molecule has 4 heteroatoms. The number of carbonyl (C=O) groups excluding carboxylic acids is 1. The van der Waals surface area contributed by atoms with Crippen LogP contribution in [0, 0.1) is 0 Å². The van der Waals surface area contributed by atoms with Gasteiger partial charge in [0.2, 0.25) is 5.91 Å². The Labute approximate surface area is 86.7 Å². The lowest BCUT2D eigenvalue weighted by molar-refractivity contribution is -0.132. The fourth-order valence-corrected chi connectivity index (χ4v) is 2.22. The van der Waals surface area contributed by atoms with Crippen LogP contribution in [-0.4, -0.2) is 27.2 Å². The Morgan fingerprint density at radius 1 is 1.43 bits per heavy atom. The van der Waals surface area contributed by atoms with Gasteiger partial charge < -0.3 is 10.0 Å². The van der Waals surface area contributed by atoms with Crippen LogP contribution in [0.25, 0.3) is 0 Å². The maximum absolute atomic E-state index is 11.3. The Hall–Kier alpha value is -1.00. The Kier molecular flexibility index (Phi) is 2.74. The van der Waals surface area contributed by atoms with Crippen LogP contribution in [0.1, 0.15) is 5.56 Å². The molecular formula is C10H11NO2S. The van der Waals surface area contributed by atoms with Crippen molar-refractivity contribution < 1.29 is 9.90 Å². The number of hydrogen-bond acceptors (Lipinski definition) is 3. The van der Waals surface area contributed by atoms with E-state index in [0.717, 1.165) is 5.56 Å². The van der Waals surface area contributed by atoms with E-state index in [2.05, 4.69) is 0 Å². The van der Waals surface area contributed by atoms with Crippen LogP contribution >= 0.6 is 11.8 Å². The van der Waals surface area contributed by atoms with Crippen molar-refractivity contribution in [1.29, 1.82) is 0 Å². The van der Waals surface area contributed by atoms with Gasteiger partial charge >= 0.3 is 0 Å². The molecule has 1 atom stereocenters. The fourth-order valence-electron chi connectivity index (χ4n) is 1.39. The molecule has 1 aromatic carbocycles. The van der Waals surface area contributed by atoms with E-state index < -0.39 is 5.56 Å². The van der Waals surface area contributed by atoms with Gasteiger partial charge in [-0.1, -0.05) is 42.1 Å². The van der Waals surface area contributed by atoms with Crippen molar-refractivity contribution in [3.63, 3.8) is 0 Å². The molecule has 1 N–H and O–H groups in total. The second-order valence-electron chi connectivity index (χ2n) is 3.14. The van der Waals surface area contributed by atoms with Gasteiger partial charge in [-0.25, -0.2) is 0 Å². The van der Waals surface area contributed by atoms with Crippen LogP contribution in [0.4, 0.5) is 0 Å². The molecule has 1 heterocycles. The minimum absolute atomic E-state index is 0.00588. The molecule has 0 aliphatic carbocycles. The largest absolute Gasteiger partial charge is 0.364 e. The summed E-state index contributed by atoms with van der Waals surface area (Å²) in [4.78, 5) is 12.8. The van der Waals surface area contributed by atoms with Gasteiger partial charge in [0.05, 0.1) is 5.75 Å². The number of aliphatic hydroxyl groups excluding tert-OH is 1. The SMILES string of the molecule is O=C1CSC(O)N1Cc1ccccc1. The first-order chi connectivity index (χ1) is 6.77. The lowest BCUT2D eigenvalue weighted by atomic mass is 10.2. The molecular weight excluding hydrogens is 198 g/mol. The summed E-state index contributed by atoms with van der Waals surface area (Å²) in [7, 11) is 0. The fraction of sp³-hybridized carbons (Fsp3) is 0.300. The van der Waals surface area contributed by atoms with E-state index in [-0.39, 0.29) is 5.91 Å². The third kappa shape index (κ3) is 1.91. The van der Waals surface area contributed by atoms with Gasteiger partial charge in [-0.05, 0) is 5.56 Å². The number of nitrogens with zero attached hydrogens (tertiary/aromatic N) is 1. The molecule has 1 aliphatic rings. The van der Waals surface area contributed by atoms with Gasteiger partial charge in [0.15, 0.2) is 5.56 Å². The van der Waals surface area contributed by atoms with Crippen molar-refractivity contribution in [2.75, 3.05) is 5.75 Å². The minimum Gasteiger partial charge on any atom is -0.364 e. The zero-order valence-electron chi connectivity index (χ0n) is 7.59. The Morgan fingerprint density at radius 2 is 2.14 bits per heavy atom. The third-order valence-electron chi connectivity index (χ3n) is 2.14. The summed E-state index contributed by atoms with van der Waals surface area (Å²) in [6.45, 7) is 0.494. The monoisotopic (exact) mass is 209 g/mol. The molecule has 0 radical (unpaired) electrons. The third-order valence-corrected chi connectivity index (χ3v) is 3.10. The molecule has 0 aromatic heterocycles. The number of benzene rings is 1. The number of aliphatic hydroxyl groups is 1. The van der Waals surface area contributed by atoms with Gasteiger partial charge in [0, 0.05) is 6.54 Å². The van der Waals surface area contributed by atoms with Gasteiger partial charge in [-0.15, -0.1) is 0 Å². The van der Waals surface area contributed by atoms with Gasteiger partial charge in [0.25, 0.3) is 0 Å². The predicted molar refractivity (Wildman–Crippen MR) is 55.5 cm³/mol. The van der Waals surface area contributed by atoms with Crippen LogP contribution in [0.5, 0.6) is 0 Å². The smallest absolute Gasteiger partial charge is 0.235 e. The second kappa shape index (κ2) is 4.02. The minimum atomic E-state index is -0.678. The molecule has 1 amide bonds. The zero-order chi connectivity index (χ0) is 9.97. The number of rotatable bonds is 2.